The zero-order chi connectivity index (χ0) is 17.8. The Morgan fingerprint density at radius 3 is 2.20 bits per heavy atom. The summed E-state index contributed by atoms with van der Waals surface area (Å²) in [5, 5.41) is 0.463. The molecule has 0 fully saturated rings. The van der Waals surface area contributed by atoms with Crippen LogP contribution in [0.1, 0.15) is 33.6 Å². The van der Waals surface area contributed by atoms with Crippen molar-refractivity contribution in [3.63, 3.8) is 0 Å². The number of carbonyl (C=O) groups excluding carboxylic acids is 3. The number of para-hydroxylation sites is 1. The Labute approximate surface area is 142 Å². The van der Waals surface area contributed by atoms with E-state index in [0.717, 1.165) is 0 Å². The number of hydroxylamine groups is 2. The van der Waals surface area contributed by atoms with E-state index in [1.807, 2.05) is 0 Å². The fourth-order valence-electron chi connectivity index (χ4n) is 2.36. The second kappa shape index (κ2) is 7.12. The molecule has 128 valence electrons. The van der Waals surface area contributed by atoms with Crippen molar-refractivity contribution < 1.29 is 28.3 Å². The third-order valence-electron chi connectivity index (χ3n) is 3.57. The van der Waals surface area contributed by atoms with Gasteiger partial charge in [-0.2, -0.15) is 0 Å². The van der Waals surface area contributed by atoms with Crippen LogP contribution in [0, 0.1) is 5.82 Å². The molecule has 2 aromatic carbocycles. The van der Waals surface area contributed by atoms with Crippen molar-refractivity contribution in [1.82, 2.24) is 5.06 Å². The van der Waals surface area contributed by atoms with Crippen molar-refractivity contribution in [3.8, 4) is 5.75 Å². The highest BCUT2D eigenvalue weighted by Gasteiger charge is 2.38. The summed E-state index contributed by atoms with van der Waals surface area (Å²) >= 11 is 0. The van der Waals surface area contributed by atoms with E-state index in [0.29, 0.717) is 5.06 Å². The van der Waals surface area contributed by atoms with Gasteiger partial charge in [-0.15, -0.1) is 0 Å². The van der Waals surface area contributed by atoms with Crippen LogP contribution in [-0.4, -0.2) is 29.5 Å². The van der Waals surface area contributed by atoms with Gasteiger partial charge < -0.3 is 9.57 Å². The molecule has 0 spiro atoms. The lowest BCUT2D eigenvalue weighted by Crippen LogP contribution is -2.32. The van der Waals surface area contributed by atoms with E-state index >= 15 is 0 Å². The summed E-state index contributed by atoms with van der Waals surface area (Å²) in [7, 11) is 0. The molecule has 1 aliphatic heterocycles. The van der Waals surface area contributed by atoms with Gasteiger partial charge in [0.15, 0.2) is 11.6 Å². The molecular weight excluding hydrogens is 329 g/mol. The van der Waals surface area contributed by atoms with Gasteiger partial charge in [0, 0.05) is 0 Å². The molecule has 1 heterocycles. The Kier molecular flexibility index (Phi) is 4.74. The Morgan fingerprint density at radius 2 is 1.56 bits per heavy atom. The maximum Gasteiger partial charge on any atom is 0.333 e. The van der Waals surface area contributed by atoms with Gasteiger partial charge in [0.25, 0.3) is 11.8 Å². The van der Waals surface area contributed by atoms with E-state index in [1.165, 1.54) is 24.3 Å². The maximum absolute atomic E-state index is 13.4. The number of halogens is 1. The van der Waals surface area contributed by atoms with E-state index in [-0.39, 0.29) is 36.3 Å². The van der Waals surface area contributed by atoms with Gasteiger partial charge in [0.2, 0.25) is 0 Å². The van der Waals surface area contributed by atoms with Crippen LogP contribution in [-0.2, 0) is 9.63 Å². The first-order chi connectivity index (χ1) is 12.1. The Morgan fingerprint density at radius 1 is 0.960 bits per heavy atom. The topological polar surface area (TPSA) is 72.9 Å². The van der Waals surface area contributed by atoms with Crippen LogP contribution < -0.4 is 4.74 Å². The monoisotopic (exact) mass is 343 g/mol. The quantitative estimate of drug-likeness (QED) is 0.596. The van der Waals surface area contributed by atoms with Gasteiger partial charge in [-0.25, -0.2) is 9.18 Å². The number of amides is 2. The van der Waals surface area contributed by atoms with E-state index < -0.39 is 23.6 Å². The normalized spacial score (nSPS) is 12.9. The second-order valence-corrected chi connectivity index (χ2v) is 5.30. The van der Waals surface area contributed by atoms with Gasteiger partial charge in [0.1, 0.15) is 0 Å². The summed E-state index contributed by atoms with van der Waals surface area (Å²) in [5.74, 6) is -2.48. The predicted octanol–water partition coefficient (Wildman–Crippen LogP) is 2.74. The molecule has 7 heteroatoms. The highest BCUT2D eigenvalue weighted by atomic mass is 19.1. The second-order valence-electron chi connectivity index (χ2n) is 5.30. The van der Waals surface area contributed by atoms with Crippen LogP contribution in [0.2, 0.25) is 0 Å². The summed E-state index contributed by atoms with van der Waals surface area (Å²) in [6.45, 7) is 0.0954. The number of fused-ring (bicyclic) bond motifs is 1. The molecule has 2 aromatic rings. The number of ether oxygens (including phenoxy) is 1. The van der Waals surface area contributed by atoms with E-state index in [9.17, 15) is 18.8 Å². The zero-order valence-electron chi connectivity index (χ0n) is 13.1. The molecule has 1 aliphatic rings. The van der Waals surface area contributed by atoms with Crippen LogP contribution >= 0.6 is 0 Å². The molecule has 0 unspecified atom stereocenters. The van der Waals surface area contributed by atoms with E-state index in [2.05, 4.69) is 0 Å². The minimum absolute atomic E-state index is 0.0815. The lowest BCUT2D eigenvalue weighted by molar-refractivity contribution is -0.168. The molecule has 0 aromatic heterocycles. The van der Waals surface area contributed by atoms with Gasteiger partial charge in [-0.1, -0.05) is 29.3 Å². The van der Waals surface area contributed by atoms with E-state index in [4.69, 9.17) is 9.57 Å². The molecule has 0 bridgehead atoms. The van der Waals surface area contributed by atoms with Crippen LogP contribution in [0.4, 0.5) is 4.39 Å². The number of hydrogen-bond acceptors (Lipinski definition) is 5. The third kappa shape index (κ3) is 3.50. The molecule has 0 radical (unpaired) electrons. The average Bonchev–Trinajstić information content (AvgIpc) is 2.85. The van der Waals surface area contributed by atoms with Gasteiger partial charge >= 0.3 is 5.97 Å². The van der Waals surface area contributed by atoms with Crippen molar-refractivity contribution >= 4 is 17.8 Å². The summed E-state index contributed by atoms with van der Waals surface area (Å²) in [5.41, 5.74) is 0.395. The molecule has 0 aliphatic carbocycles. The molecule has 2 amide bonds. The fourth-order valence-corrected chi connectivity index (χ4v) is 2.36. The Hall–Kier alpha value is -3.22. The van der Waals surface area contributed by atoms with E-state index in [1.54, 1.807) is 24.3 Å². The molecule has 25 heavy (non-hydrogen) atoms. The maximum atomic E-state index is 13.4. The first-order valence-corrected chi connectivity index (χ1v) is 7.64. The summed E-state index contributed by atoms with van der Waals surface area (Å²) in [6, 6.07) is 12.1. The highest BCUT2D eigenvalue weighted by Crippen LogP contribution is 2.23. The zero-order valence-corrected chi connectivity index (χ0v) is 13.1. The largest absolute Gasteiger partial charge is 0.491 e. The predicted molar refractivity (Wildman–Crippen MR) is 84.2 cm³/mol. The van der Waals surface area contributed by atoms with Crippen molar-refractivity contribution in [2.24, 2.45) is 0 Å². The molecule has 0 saturated heterocycles. The number of rotatable bonds is 6. The van der Waals surface area contributed by atoms with Crippen LogP contribution in [0.3, 0.4) is 0 Å². The molecule has 0 saturated carbocycles. The van der Waals surface area contributed by atoms with Gasteiger partial charge in [0.05, 0.1) is 24.2 Å². The Bertz CT molecular complexity index is 801. The highest BCUT2D eigenvalue weighted by molar-refractivity contribution is 6.20. The molecule has 6 nitrogen and oxygen atoms in total. The molecule has 3 rings (SSSR count). The lowest BCUT2D eigenvalue weighted by atomic mass is 10.1. The minimum atomic E-state index is -0.744. The van der Waals surface area contributed by atoms with Crippen LogP contribution in [0.15, 0.2) is 48.5 Å². The smallest absolute Gasteiger partial charge is 0.333 e. The minimum Gasteiger partial charge on any atom is -0.491 e. The number of carbonyl (C=O) groups is 3. The summed E-state index contributed by atoms with van der Waals surface area (Å²) in [6.07, 6.45) is 0.165. The third-order valence-corrected chi connectivity index (χ3v) is 3.57. The molecule has 0 N–H and O–H groups in total. The molecular formula is C18H14FNO5. The first kappa shape index (κ1) is 16.6. The number of benzene rings is 2. The molecule has 0 atom stereocenters. The van der Waals surface area contributed by atoms with Gasteiger partial charge in [-0.05, 0) is 30.7 Å². The standard InChI is InChI=1S/C18H14FNO5/c19-14-8-3-4-9-15(14)24-11-5-10-16(21)25-20-17(22)12-6-1-2-7-13(12)18(20)23/h1-4,6-9H,5,10-11H2. The van der Waals surface area contributed by atoms with Crippen molar-refractivity contribution in [2.45, 2.75) is 12.8 Å². The number of hydrogen-bond donors (Lipinski definition) is 0. The average molecular weight is 343 g/mol. The lowest BCUT2D eigenvalue weighted by Gasteiger charge is -2.12. The van der Waals surface area contributed by atoms with Crippen LogP contribution in [0.25, 0.3) is 0 Å². The summed E-state index contributed by atoms with van der Waals surface area (Å²) < 4.78 is 18.6. The van der Waals surface area contributed by atoms with Crippen molar-refractivity contribution in [3.05, 3.63) is 65.5 Å². The SMILES string of the molecule is O=C(CCCOc1ccccc1F)ON1C(=O)c2ccccc2C1=O. The summed E-state index contributed by atoms with van der Waals surface area (Å²) in [4.78, 5) is 40.8. The van der Waals surface area contributed by atoms with Crippen molar-refractivity contribution in [1.29, 1.82) is 0 Å². The van der Waals surface area contributed by atoms with Gasteiger partial charge in [-0.3, -0.25) is 9.59 Å². The Balaban J connectivity index is 1.48. The number of imide groups is 1. The fraction of sp³-hybridized carbons (Fsp3) is 0.167. The van der Waals surface area contributed by atoms with Crippen LogP contribution in [0.5, 0.6) is 5.75 Å². The first-order valence-electron chi connectivity index (χ1n) is 7.64. The number of nitrogens with zero attached hydrogens (tertiary/aromatic N) is 1. The van der Waals surface area contributed by atoms with Crippen molar-refractivity contribution in [2.75, 3.05) is 6.61 Å².